The summed E-state index contributed by atoms with van der Waals surface area (Å²) >= 11 is 0. The molecule has 4 atom stereocenters. The first-order valence-electron chi connectivity index (χ1n) is 12.1. The first kappa shape index (κ1) is 23.3. The molecule has 6 nitrogen and oxygen atoms in total. The van der Waals surface area contributed by atoms with E-state index in [9.17, 15) is 18.5 Å². The van der Waals surface area contributed by atoms with Gasteiger partial charge in [-0.05, 0) is 74.8 Å². The maximum Gasteiger partial charge on any atom is 0.224 e. The molecule has 1 aromatic rings. The highest BCUT2D eigenvalue weighted by Crippen LogP contribution is 2.48. The van der Waals surface area contributed by atoms with E-state index in [-0.39, 0.29) is 17.1 Å². The average Bonchev–Trinajstić information content (AvgIpc) is 3.43. The number of nitrogens with one attached hydrogen (secondary N) is 1. The molecule has 1 N–H and O–H groups in total. The van der Waals surface area contributed by atoms with Gasteiger partial charge in [0.25, 0.3) is 0 Å². The molecule has 0 aromatic heterocycles. The molecule has 1 aliphatic heterocycles. The first-order chi connectivity index (χ1) is 15.3. The summed E-state index contributed by atoms with van der Waals surface area (Å²) in [6.45, 7) is 4.60. The zero-order chi connectivity index (χ0) is 22.9. The maximum absolute atomic E-state index is 12.7. The number of amides is 1. The van der Waals surface area contributed by atoms with Crippen LogP contribution in [0.25, 0.3) is 0 Å². The predicted octanol–water partition coefficient (Wildman–Crippen LogP) is 3.59. The highest BCUT2D eigenvalue weighted by molar-refractivity contribution is 7.89. The van der Waals surface area contributed by atoms with Gasteiger partial charge in [-0.15, -0.1) is 0 Å². The third-order valence-electron chi connectivity index (χ3n) is 7.85. The molecule has 1 saturated heterocycles. The quantitative estimate of drug-likeness (QED) is 0.677. The molecule has 2 bridgehead atoms. The van der Waals surface area contributed by atoms with Gasteiger partial charge in [0, 0.05) is 25.4 Å². The van der Waals surface area contributed by atoms with Gasteiger partial charge in [-0.1, -0.05) is 30.7 Å². The summed E-state index contributed by atoms with van der Waals surface area (Å²) in [7, 11) is -3.18. The second kappa shape index (κ2) is 9.52. The molecule has 4 rings (SSSR count). The fourth-order valence-corrected chi connectivity index (χ4v) is 7.19. The highest BCUT2D eigenvalue weighted by atomic mass is 32.2. The van der Waals surface area contributed by atoms with Gasteiger partial charge in [-0.2, -0.15) is 5.26 Å². The minimum atomic E-state index is -3.18. The fraction of sp³-hybridized carbons (Fsp3) is 0.680. The Balaban J connectivity index is 1.30. The van der Waals surface area contributed by atoms with Crippen molar-refractivity contribution < 1.29 is 13.2 Å². The van der Waals surface area contributed by atoms with Crippen LogP contribution in [0, 0.1) is 29.1 Å². The summed E-state index contributed by atoms with van der Waals surface area (Å²) in [6, 6.07) is 10.0. The SMILES string of the molecule is CC(C)S(=O)(=O)N1CCC(c2ccc(C[C@@H](C#N)NC(=O)[C@H]3C[C@@H]4CC[C@H]3C4)cc2)CC1. The molecule has 32 heavy (non-hydrogen) atoms. The van der Waals surface area contributed by atoms with Crippen LogP contribution in [-0.4, -0.2) is 43.0 Å². The van der Waals surface area contributed by atoms with Crippen molar-refractivity contribution in [3.05, 3.63) is 35.4 Å². The van der Waals surface area contributed by atoms with Crippen LogP contribution in [0.4, 0.5) is 0 Å². The zero-order valence-electron chi connectivity index (χ0n) is 19.2. The number of piperidine rings is 1. The van der Waals surface area contributed by atoms with E-state index in [2.05, 4.69) is 23.5 Å². The van der Waals surface area contributed by atoms with Gasteiger partial charge in [-0.25, -0.2) is 12.7 Å². The number of nitrogens with zero attached hydrogens (tertiary/aromatic N) is 2. The van der Waals surface area contributed by atoms with Crippen molar-refractivity contribution in [2.24, 2.45) is 17.8 Å². The summed E-state index contributed by atoms with van der Waals surface area (Å²) in [5.41, 5.74) is 2.25. The normalized spacial score (nSPS) is 27.4. The topological polar surface area (TPSA) is 90.3 Å². The van der Waals surface area contributed by atoms with Crippen LogP contribution in [0.2, 0.25) is 0 Å². The lowest BCUT2D eigenvalue weighted by molar-refractivity contribution is -0.126. The van der Waals surface area contributed by atoms with E-state index in [1.54, 1.807) is 18.2 Å². The van der Waals surface area contributed by atoms with Crippen molar-refractivity contribution in [2.75, 3.05) is 13.1 Å². The van der Waals surface area contributed by atoms with E-state index >= 15 is 0 Å². The summed E-state index contributed by atoms with van der Waals surface area (Å²) < 4.78 is 26.4. The predicted molar refractivity (Wildman–Crippen MR) is 124 cm³/mol. The molecule has 2 saturated carbocycles. The third kappa shape index (κ3) is 4.87. The second-order valence-corrected chi connectivity index (χ2v) is 12.7. The van der Waals surface area contributed by atoms with Gasteiger partial charge >= 0.3 is 0 Å². The van der Waals surface area contributed by atoms with E-state index in [1.807, 2.05) is 12.1 Å². The minimum Gasteiger partial charge on any atom is -0.340 e. The van der Waals surface area contributed by atoms with Gasteiger partial charge < -0.3 is 5.32 Å². The Bertz CT molecular complexity index is 959. The van der Waals surface area contributed by atoms with Crippen molar-refractivity contribution >= 4 is 15.9 Å². The number of hydrogen-bond donors (Lipinski definition) is 1. The van der Waals surface area contributed by atoms with Crippen LogP contribution in [0.15, 0.2) is 24.3 Å². The molecular weight excluding hydrogens is 422 g/mol. The molecule has 0 radical (unpaired) electrons. The fourth-order valence-electron chi connectivity index (χ4n) is 5.88. The maximum atomic E-state index is 12.7. The number of sulfonamides is 1. The number of nitriles is 1. The number of fused-ring (bicyclic) bond motifs is 2. The van der Waals surface area contributed by atoms with E-state index < -0.39 is 16.1 Å². The zero-order valence-corrected chi connectivity index (χ0v) is 20.0. The molecule has 174 valence electrons. The Morgan fingerprint density at radius 1 is 1.12 bits per heavy atom. The molecule has 1 aromatic carbocycles. The Labute approximate surface area is 192 Å². The van der Waals surface area contributed by atoms with Crippen LogP contribution < -0.4 is 5.32 Å². The van der Waals surface area contributed by atoms with Crippen LogP contribution in [0.5, 0.6) is 0 Å². The lowest BCUT2D eigenvalue weighted by atomic mass is 9.87. The lowest BCUT2D eigenvalue weighted by Gasteiger charge is -2.32. The van der Waals surface area contributed by atoms with Crippen molar-refractivity contribution in [3.63, 3.8) is 0 Å². The molecule has 1 heterocycles. The number of benzene rings is 1. The highest BCUT2D eigenvalue weighted by Gasteiger charge is 2.43. The Hall–Kier alpha value is -1.91. The van der Waals surface area contributed by atoms with Crippen LogP contribution >= 0.6 is 0 Å². The van der Waals surface area contributed by atoms with Crippen LogP contribution in [0.3, 0.4) is 0 Å². The Kier molecular flexibility index (Phi) is 6.92. The van der Waals surface area contributed by atoms with Crippen LogP contribution in [-0.2, 0) is 21.2 Å². The average molecular weight is 458 g/mol. The summed E-state index contributed by atoms with van der Waals surface area (Å²) in [5, 5.41) is 12.2. The lowest BCUT2D eigenvalue weighted by Crippen LogP contribution is -2.41. The molecule has 0 spiro atoms. The molecule has 3 aliphatic rings. The van der Waals surface area contributed by atoms with Gasteiger partial charge in [0.05, 0.1) is 11.3 Å². The second-order valence-electron chi connectivity index (χ2n) is 10.2. The molecule has 7 heteroatoms. The van der Waals surface area contributed by atoms with Gasteiger partial charge in [-0.3, -0.25) is 4.79 Å². The first-order valence-corrected chi connectivity index (χ1v) is 13.6. The molecular formula is C25H35N3O3S. The van der Waals surface area contributed by atoms with Crippen molar-refractivity contribution in [1.29, 1.82) is 5.26 Å². The number of hydrogen-bond acceptors (Lipinski definition) is 4. The van der Waals surface area contributed by atoms with Crippen molar-refractivity contribution in [3.8, 4) is 6.07 Å². The van der Waals surface area contributed by atoms with E-state index in [1.165, 1.54) is 18.4 Å². The Morgan fingerprint density at radius 2 is 1.81 bits per heavy atom. The van der Waals surface area contributed by atoms with Gasteiger partial charge in [0.1, 0.15) is 6.04 Å². The van der Waals surface area contributed by atoms with E-state index in [0.717, 1.165) is 31.2 Å². The summed E-state index contributed by atoms with van der Waals surface area (Å²) in [5.74, 6) is 1.73. The molecule has 2 aliphatic carbocycles. The monoisotopic (exact) mass is 457 g/mol. The van der Waals surface area contributed by atoms with E-state index in [4.69, 9.17) is 0 Å². The largest absolute Gasteiger partial charge is 0.340 e. The summed E-state index contributed by atoms with van der Waals surface area (Å²) in [4.78, 5) is 12.7. The molecule has 3 fully saturated rings. The standard InChI is InChI=1S/C25H35N3O3S/c1-17(2)32(30,31)28-11-9-21(10-12-28)20-6-3-18(4-7-20)14-23(16-26)27-25(29)24-15-19-5-8-22(24)13-19/h3-4,6-7,17,19,21-24H,5,8-15H2,1-2H3,(H,27,29)/t19-,22+,23+,24+/m1/s1. The smallest absolute Gasteiger partial charge is 0.224 e. The Morgan fingerprint density at radius 3 is 2.34 bits per heavy atom. The van der Waals surface area contributed by atoms with Crippen LogP contribution in [0.1, 0.15) is 69.4 Å². The van der Waals surface area contributed by atoms with Crippen molar-refractivity contribution in [2.45, 2.75) is 76.0 Å². The number of carbonyl (C=O) groups excluding carboxylic acids is 1. The third-order valence-corrected chi connectivity index (χ3v) is 10.1. The number of carbonyl (C=O) groups is 1. The minimum absolute atomic E-state index is 0.0588. The summed E-state index contributed by atoms with van der Waals surface area (Å²) in [6.07, 6.45) is 6.74. The van der Waals surface area contributed by atoms with Crippen molar-refractivity contribution in [1.82, 2.24) is 9.62 Å². The molecule has 1 amide bonds. The number of rotatable bonds is 7. The molecule has 0 unspecified atom stereocenters. The van der Waals surface area contributed by atoms with Gasteiger partial charge in [0.2, 0.25) is 15.9 Å². The van der Waals surface area contributed by atoms with E-state index in [0.29, 0.717) is 37.3 Å². The van der Waals surface area contributed by atoms with Gasteiger partial charge in [0.15, 0.2) is 0 Å².